The highest BCUT2D eigenvalue weighted by Crippen LogP contribution is 2.42. The summed E-state index contributed by atoms with van der Waals surface area (Å²) in [6.07, 6.45) is 1.58. The Hall–Kier alpha value is -4.46. The maximum Gasteiger partial charge on any atom is 0.302 e. The fourth-order valence-corrected chi connectivity index (χ4v) is 4.50. The van der Waals surface area contributed by atoms with Gasteiger partial charge in [-0.15, -0.1) is 0 Å². The lowest BCUT2D eigenvalue weighted by molar-refractivity contribution is -0.132. The second kappa shape index (κ2) is 8.39. The fraction of sp³-hybridized carbons (Fsp3) is 0.185. The number of rotatable bonds is 4. The molecule has 1 atom stereocenters. The first-order valence-electron chi connectivity index (χ1n) is 11.1. The van der Waals surface area contributed by atoms with Gasteiger partial charge < -0.3 is 14.8 Å². The number of carbonyl (C=O) groups is 2. The number of hydrogen-bond acceptors (Lipinski definition) is 6. The number of aromatic nitrogens is 3. The number of anilines is 1. The van der Waals surface area contributed by atoms with Crippen LogP contribution in [0.15, 0.2) is 60.3 Å². The lowest BCUT2D eigenvalue weighted by Crippen LogP contribution is -2.30. The first kappa shape index (κ1) is 22.3. The van der Waals surface area contributed by atoms with E-state index >= 15 is 0 Å². The van der Waals surface area contributed by atoms with Gasteiger partial charge in [-0.3, -0.25) is 19.5 Å². The largest absolute Gasteiger partial charge is 0.507 e. The van der Waals surface area contributed by atoms with Crippen molar-refractivity contribution in [2.75, 3.05) is 12.0 Å². The maximum absolute atomic E-state index is 13.4. The minimum Gasteiger partial charge on any atom is -0.507 e. The van der Waals surface area contributed by atoms with Crippen molar-refractivity contribution in [1.29, 1.82) is 0 Å². The highest BCUT2D eigenvalue weighted by molar-refractivity contribution is 6.51. The number of amides is 1. The molecule has 0 radical (unpaired) electrons. The van der Waals surface area contributed by atoms with Gasteiger partial charge in [0.15, 0.2) is 0 Å². The van der Waals surface area contributed by atoms with Crippen LogP contribution in [0, 0.1) is 20.8 Å². The van der Waals surface area contributed by atoms with Crippen LogP contribution >= 0.6 is 0 Å². The smallest absolute Gasteiger partial charge is 0.302 e. The van der Waals surface area contributed by atoms with E-state index in [4.69, 9.17) is 4.74 Å². The summed E-state index contributed by atoms with van der Waals surface area (Å²) in [5.41, 5.74) is 4.76. The van der Waals surface area contributed by atoms with Gasteiger partial charge in [-0.1, -0.05) is 12.1 Å². The van der Waals surface area contributed by atoms with Gasteiger partial charge in [0.05, 0.1) is 29.4 Å². The Bertz CT molecular complexity index is 1520. The third kappa shape index (κ3) is 3.63. The fourth-order valence-electron chi connectivity index (χ4n) is 4.50. The molecule has 1 amide bonds. The molecule has 1 aliphatic heterocycles. The van der Waals surface area contributed by atoms with Crippen LogP contribution in [0.5, 0.6) is 5.75 Å². The molecule has 1 saturated heterocycles. The molecular formula is C27H24N4O4. The maximum atomic E-state index is 13.4. The first-order chi connectivity index (χ1) is 16.8. The van der Waals surface area contributed by atoms with E-state index in [0.29, 0.717) is 28.1 Å². The number of hydrogen-bond donors (Lipinski definition) is 2. The molecule has 0 saturated carbocycles. The molecule has 8 nitrogen and oxygen atoms in total. The number of Topliss-reactive ketones (excluding diaryl/α,β-unsaturated/α-hetero) is 1. The zero-order valence-corrected chi connectivity index (χ0v) is 19.8. The van der Waals surface area contributed by atoms with Crippen molar-refractivity contribution in [1.82, 2.24) is 15.0 Å². The van der Waals surface area contributed by atoms with Crippen molar-refractivity contribution < 1.29 is 19.4 Å². The van der Waals surface area contributed by atoms with Crippen LogP contribution in [-0.2, 0) is 9.59 Å². The zero-order chi connectivity index (χ0) is 24.9. The number of nitrogens with zero attached hydrogens (tertiary/aromatic N) is 3. The summed E-state index contributed by atoms with van der Waals surface area (Å²) in [5.74, 6) is -0.983. The predicted octanol–water partition coefficient (Wildman–Crippen LogP) is 4.52. The van der Waals surface area contributed by atoms with E-state index in [2.05, 4.69) is 15.0 Å². The third-order valence-electron chi connectivity index (χ3n) is 6.26. The summed E-state index contributed by atoms with van der Waals surface area (Å²) in [4.78, 5) is 40.1. The average Bonchev–Trinajstić information content (AvgIpc) is 3.38. The van der Waals surface area contributed by atoms with Crippen LogP contribution in [0.2, 0.25) is 0 Å². The van der Waals surface area contributed by atoms with Gasteiger partial charge in [-0.05, 0) is 73.9 Å². The summed E-state index contributed by atoms with van der Waals surface area (Å²) >= 11 is 0. The Morgan fingerprint density at radius 3 is 2.57 bits per heavy atom. The summed E-state index contributed by atoms with van der Waals surface area (Å²) in [6.45, 7) is 5.62. The highest BCUT2D eigenvalue weighted by Gasteiger charge is 2.49. The number of aromatic amines is 1. The molecule has 2 aromatic carbocycles. The molecule has 4 aromatic rings. The molecule has 3 heterocycles. The van der Waals surface area contributed by atoms with Crippen molar-refractivity contribution in [3.8, 4) is 5.75 Å². The number of aliphatic hydroxyl groups is 1. The molecular weight excluding hydrogens is 444 g/mol. The predicted molar refractivity (Wildman–Crippen MR) is 132 cm³/mol. The number of pyridine rings is 1. The van der Waals surface area contributed by atoms with E-state index in [1.807, 2.05) is 39.0 Å². The first-order valence-corrected chi connectivity index (χ1v) is 11.1. The number of nitrogens with one attached hydrogen (secondary N) is 1. The molecule has 0 bridgehead atoms. The number of ether oxygens (including phenoxy) is 1. The Labute approximate surface area is 201 Å². The molecule has 5 rings (SSSR count). The molecule has 176 valence electrons. The van der Waals surface area contributed by atoms with Gasteiger partial charge in [0, 0.05) is 11.8 Å². The normalized spacial score (nSPS) is 17.4. The number of aryl methyl sites for hydroxylation is 3. The van der Waals surface area contributed by atoms with Crippen molar-refractivity contribution in [2.45, 2.75) is 26.8 Å². The van der Waals surface area contributed by atoms with E-state index in [0.717, 1.165) is 16.6 Å². The number of ketones is 1. The summed E-state index contributed by atoms with van der Waals surface area (Å²) in [7, 11) is 1.57. The number of imidazole rings is 1. The highest BCUT2D eigenvalue weighted by atomic mass is 16.5. The number of methoxy groups -OCH3 is 1. The van der Waals surface area contributed by atoms with E-state index in [1.54, 1.807) is 43.6 Å². The quantitative estimate of drug-likeness (QED) is 0.259. The Morgan fingerprint density at radius 2 is 1.86 bits per heavy atom. The van der Waals surface area contributed by atoms with Crippen molar-refractivity contribution in [2.24, 2.45) is 0 Å². The summed E-state index contributed by atoms with van der Waals surface area (Å²) < 4.78 is 5.38. The van der Waals surface area contributed by atoms with Gasteiger partial charge in [-0.2, -0.15) is 0 Å². The average molecular weight is 469 g/mol. The van der Waals surface area contributed by atoms with Gasteiger partial charge >= 0.3 is 5.91 Å². The van der Waals surface area contributed by atoms with Crippen LogP contribution in [0.25, 0.3) is 16.8 Å². The second-order valence-electron chi connectivity index (χ2n) is 8.64. The number of fused-ring (bicyclic) bond motifs is 1. The number of H-pyrrole nitrogens is 1. The molecule has 8 heteroatoms. The molecule has 2 N–H and O–H groups in total. The molecule has 0 spiro atoms. The second-order valence-corrected chi connectivity index (χ2v) is 8.64. The lowest BCUT2D eigenvalue weighted by atomic mass is 9.95. The van der Waals surface area contributed by atoms with E-state index in [1.165, 1.54) is 4.90 Å². The minimum atomic E-state index is -0.959. The SMILES string of the molecule is COc1cc(C)c(/C(O)=C2\C(=O)C(=O)N(c3nc4ccc(C)cc4[nH]3)C2c2ccccn2)cc1C. The molecule has 35 heavy (non-hydrogen) atoms. The summed E-state index contributed by atoms with van der Waals surface area (Å²) in [5, 5.41) is 11.4. The Balaban J connectivity index is 1.74. The molecule has 1 aliphatic rings. The number of carbonyl (C=O) groups excluding carboxylic acids is 2. The van der Waals surface area contributed by atoms with E-state index in [9.17, 15) is 14.7 Å². The molecule has 2 aromatic heterocycles. The molecule has 1 fully saturated rings. The zero-order valence-electron chi connectivity index (χ0n) is 19.8. The van der Waals surface area contributed by atoms with E-state index in [-0.39, 0.29) is 17.3 Å². The van der Waals surface area contributed by atoms with E-state index < -0.39 is 17.7 Å². The van der Waals surface area contributed by atoms with Gasteiger partial charge in [-0.25, -0.2) is 4.98 Å². The minimum absolute atomic E-state index is 0.0435. The van der Waals surface area contributed by atoms with Crippen molar-refractivity contribution in [3.63, 3.8) is 0 Å². The third-order valence-corrected chi connectivity index (χ3v) is 6.26. The van der Waals surface area contributed by atoms with Gasteiger partial charge in [0.25, 0.3) is 5.78 Å². The van der Waals surface area contributed by atoms with Crippen LogP contribution in [0.4, 0.5) is 5.95 Å². The lowest BCUT2D eigenvalue weighted by Gasteiger charge is -2.22. The van der Waals surface area contributed by atoms with Gasteiger partial charge in [0.2, 0.25) is 5.95 Å². The standard InChI is InChI=1S/C27H24N4O4/c1-14-8-9-18-20(11-14)30-27(29-18)31-23(19-7-5-6-10-28-19)22(25(33)26(31)34)24(32)17-12-16(3)21(35-4)13-15(17)2/h5-13,23,32H,1-4H3,(H,29,30)/b24-22+. The van der Waals surface area contributed by atoms with Crippen LogP contribution in [-0.4, -0.2) is 38.9 Å². The summed E-state index contributed by atoms with van der Waals surface area (Å²) in [6, 6.07) is 13.5. The van der Waals surface area contributed by atoms with Crippen LogP contribution in [0.1, 0.15) is 34.0 Å². The Morgan fingerprint density at radius 1 is 1.06 bits per heavy atom. The van der Waals surface area contributed by atoms with Gasteiger partial charge in [0.1, 0.15) is 17.6 Å². The number of aliphatic hydroxyl groups excluding tert-OH is 1. The molecule has 1 unspecified atom stereocenters. The Kier molecular flexibility index (Phi) is 5.36. The van der Waals surface area contributed by atoms with Crippen molar-refractivity contribution >= 4 is 34.4 Å². The monoisotopic (exact) mass is 468 g/mol. The number of benzene rings is 2. The topological polar surface area (TPSA) is 108 Å². The van der Waals surface area contributed by atoms with Crippen LogP contribution in [0.3, 0.4) is 0 Å². The van der Waals surface area contributed by atoms with Crippen molar-refractivity contribution in [3.05, 3.63) is 88.2 Å². The van der Waals surface area contributed by atoms with Crippen LogP contribution < -0.4 is 9.64 Å². The molecule has 0 aliphatic carbocycles.